The summed E-state index contributed by atoms with van der Waals surface area (Å²) in [5.74, 6) is 0.332. The van der Waals surface area contributed by atoms with Gasteiger partial charge in [-0.15, -0.1) is 4.68 Å². The average Bonchev–Trinajstić information content (AvgIpc) is 2.83. The second-order valence-electron chi connectivity index (χ2n) is 6.68. The molecule has 172 valence electrons. The number of fused-ring (bicyclic) bond motifs is 1. The first kappa shape index (κ1) is 23.1. The van der Waals surface area contributed by atoms with Crippen LogP contribution in [-0.4, -0.2) is 32.9 Å². The summed E-state index contributed by atoms with van der Waals surface area (Å²) in [7, 11) is 1.38. The van der Waals surface area contributed by atoms with Gasteiger partial charge in [-0.2, -0.15) is 5.10 Å². The van der Waals surface area contributed by atoms with E-state index in [2.05, 4.69) is 31.0 Å². The summed E-state index contributed by atoms with van der Waals surface area (Å²) in [4.78, 5) is 41.7. The van der Waals surface area contributed by atoms with Crippen molar-refractivity contribution in [1.82, 2.24) is 14.6 Å². The van der Waals surface area contributed by atoms with E-state index < -0.39 is 16.2 Å². The Morgan fingerprint density at radius 3 is 2.71 bits per heavy atom. The summed E-state index contributed by atoms with van der Waals surface area (Å²) in [6.07, 6.45) is 2.31. The van der Waals surface area contributed by atoms with Crippen molar-refractivity contribution in [2.75, 3.05) is 7.11 Å². The summed E-state index contributed by atoms with van der Waals surface area (Å²) < 4.78 is 12.1. The fourth-order valence-corrected chi connectivity index (χ4v) is 3.61. The molecule has 11 nitrogen and oxygen atoms in total. The number of nitrogens with one attached hydrogen (secondary N) is 1. The summed E-state index contributed by atoms with van der Waals surface area (Å²) >= 11 is 9.80. The predicted octanol–water partition coefficient (Wildman–Crippen LogP) is 4.09. The lowest BCUT2D eigenvalue weighted by molar-refractivity contribution is -0.385. The Labute approximate surface area is 203 Å². The van der Waals surface area contributed by atoms with Crippen LogP contribution in [0.1, 0.15) is 5.56 Å². The molecule has 0 spiro atoms. The topological polar surface area (TPSA) is 142 Å². The second-order valence-corrected chi connectivity index (χ2v) is 7.85. The molecule has 0 unspecified atom stereocenters. The molecule has 2 aromatic heterocycles. The van der Waals surface area contributed by atoms with Crippen LogP contribution in [0.3, 0.4) is 0 Å². The maximum absolute atomic E-state index is 12.7. The SMILES string of the molecule is COc1cc(C=Nn2c(=O)[nH]c3ccccc3c2=O)c(Br)c(Cl)c1Oc1ccc([N+](=O)[O-])cn1. The highest BCUT2D eigenvalue weighted by Gasteiger charge is 2.19. The third kappa shape index (κ3) is 4.40. The average molecular weight is 547 g/mol. The predicted molar refractivity (Wildman–Crippen MR) is 128 cm³/mol. The molecule has 2 heterocycles. The fraction of sp³-hybridized carbons (Fsp3) is 0.0476. The minimum Gasteiger partial charge on any atom is -0.493 e. The molecule has 0 atom stereocenters. The number of para-hydroxylation sites is 1. The molecule has 4 rings (SSSR count). The Hall–Kier alpha value is -4.03. The van der Waals surface area contributed by atoms with Crippen molar-refractivity contribution in [3.05, 3.63) is 94.7 Å². The quantitative estimate of drug-likeness (QED) is 0.218. The van der Waals surface area contributed by atoms with E-state index in [0.717, 1.165) is 6.20 Å². The highest BCUT2D eigenvalue weighted by Crippen LogP contribution is 2.43. The molecule has 1 N–H and O–H groups in total. The Bertz CT molecular complexity index is 1570. The van der Waals surface area contributed by atoms with Crippen LogP contribution >= 0.6 is 27.5 Å². The van der Waals surface area contributed by atoms with Gasteiger partial charge in [0.15, 0.2) is 11.5 Å². The number of nitrogens with zero attached hydrogens (tertiary/aromatic N) is 4. The molecule has 0 aliphatic heterocycles. The molecule has 0 bridgehead atoms. The molecular formula is C21H13BrClN5O6. The Morgan fingerprint density at radius 2 is 2.03 bits per heavy atom. The maximum Gasteiger partial charge on any atom is 0.349 e. The van der Waals surface area contributed by atoms with E-state index in [0.29, 0.717) is 25.6 Å². The number of pyridine rings is 1. The van der Waals surface area contributed by atoms with Crippen molar-refractivity contribution >= 4 is 50.3 Å². The van der Waals surface area contributed by atoms with Crippen molar-refractivity contribution in [3.8, 4) is 17.4 Å². The summed E-state index contributed by atoms with van der Waals surface area (Å²) in [6.45, 7) is 0. The van der Waals surface area contributed by atoms with Crippen molar-refractivity contribution in [2.24, 2.45) is 5.10 Å². The number of aromatic nitrogens is 3. The Balaban J connectivity index is 1.72. The first-order valence-corrected chi connectivity index (χ1v) is 10.6. The molecule has 4 aromatic rings. The van der Waals surface area contributed by atoms with E-state index in [1.807, 2.05) is 0 Å². The minimum absolute atomic E-state index is 0.0494. The number of aromatic amines is 1. The molecule has 13 heteroatoms. The number of nitro groups is 1. The van der Waals surface area contributed by atoms with Gasteiger partial charge >= 0.3 is 5.69 Å². The van der Waals surface area contributed by atoms with Crippen LogP contribution in [0.2, 0.25) is 5.02 Å². The van der Waals surface area contributed by atoms with Gasteiger partial charge in [-0.25, -0.2) is 9.78 Å². The zero-order valence-electron chi connectivity index (χ0n) is 17.2. The van der Waals surface area contributed by atoms with Gasteiger partial charge in [0, 0.05) is 22.2 Å². The number of methoxy groups -OCH3 is 1. The smallest absolute Gasteiger partial charge is 0.349 e. The van der Waals surface area contributed by atoms with Crippen LogP contribution in [0, 0.1) is 10.1 Å². The Kier molecular flexibility index (Phi) is 6.43. The van der Waals surface area contributed by atoms with E-state index in [9.17, 15) is 19.7 Å². The molecule has 0 aliphatic carbocycles. The van der Waals surface area contributed by atoms with Gasteiger partial charge in [0.25, 0.3) is 11.2 Å². The van der Waals surface area contributed by atoms with E-state index >= 15 is 0 Å². The van der Waals surface area contributed by atoms with Gasteiger partial charge in [0.1, 0.15) is 11.2 Å². The van der Waals surface area contributed by atoms with Crippen LogP contribution in [0.4, 0.5) is 5.69 Å². The van der Waals surface area contributed by atoms with Crippen molar-refractivity contribution in [1.29, 1.82) is 0 Å². The molecule has 0 saturated heterocycles. The first-order valence-electron chi connectivity index (χ1n) is 9.43. The van der Waals surface area contributed by atoms with Crippen molar-refractivity contribution in [2.45, 2.75) is 0 Å². The third-order valence-electron chi connectivity index (χ3n) is 4.61. The fourth-order valence-electron chi connectivity index (χ4n) is 2.97. The standard InChI is InChI=1S/C21H13BrClN5O6/c1-33-15-8-11(9-25-27-20(29)13-4-2-3-5-14(13)26-21(27)30)17(22)18(23)19(15)34-16-7-6-12(10-24-16)28(31)32/h2-10H,1H3,(H,26,30). The molecule has 0 saturated carbocycles. The number of hydrogen-bond acceptors (Lipinski definition) is 8. The highest BCUT2D eigenvalue weighted by atomic mass is 79.9. The van der Waals surface area contributed by atoms with E-state index in [4.69, 9.17) is 21.1 Å². The minimum atomic E-state index is -0.710. The number of benzene rings is 2. The van der Waals surface area contributed by atoms with Gasteiger partial charge in [-0.3, -0.25) is 14.9 Å². The van der Waals surface area contributed by atoms with E-state index in [1.165, 1.54) is 31.5 Å². The number of H-pyrrole nitrogens is 1. The lowest BCUT2D eigenvalue weighted by Gasteiger charge is -2.14. The molecule has 0 aliphatic rings. The lowest BCUT2D eigenvalue weighted by atomic mass is 10.2. The number of halogens is 2. The Morgan fingerprint density at radius 1 is 1.26 bits per heavy atom. The third-order valence-corrected chi connectivity index (χ3v) is 6.05. The van der Waals surface area contributed by atoms with Crippen LogP contribution in [0.25, 0.3) is 10.9 Å². The van der Waals surface area contributed by atoms with Crippen LogP contribution in [-0.2, 0) is 0 Å². The summed E-state index contributed by atoms with van der Waals surface area (Å²) in [5, 5.41) is 15.2. The molecule has 2 aromatic carbocycles. The molecule has 0 fully saturated rings. The zero-order valence-corrected chi connectivity index (χ0v) is 19.5. The molecular weight excluding hydrogens is 534 g/mol. The summed E-state index contributed by atoms with van der Waals surface area (Å²) in [5.41, 5.74) is -0.717. The zero-order chi connectivity index (χ0) is 24.4. The van der Waals surface area contributed by atoms with E-state index in [-0.39, 0.29) is 28.1 Å². The van der Waals surface area contributed by atoms with Gasteiger partial charge in [0.2, 0.25) is 5.88 Å². The molecule has 0 amide bonds. The van der Waals surface area contributed by atoms with E-state index in [1.54, 1.807) is 24.3 Å². The highest BCUT2D eigenvalue weighted by molar-refractivity contribution is 9.10. The number of hydrogen-bond donors (Lipinski definition) is 1. The van der Waals surface area contributed by atoms with Gasteiger partial charge < -0.3 is 14.5 Å². The van der Waals surface area contributed by atoms with Gasteiger partial charge in [0.05, 0.1) is 29.2 Å². The molecule has 0 radical (unpaired) electrons. The largest absolute Gasteiger partial charge is 0.493 e. The van der Waals surface area contributed by atoms with Crippen molar-refractivity contribution < 1.29 is 14.4 Å². The molecule has 34 heavy (non-hydrogen) atoms. The van der Waals surface area contributed by atoms with Crippen LogP contribution < -0.4 is 20.7 Å². The normalized spacial score (nSPS) is 11.1. The second kappa shape index (κ2) is 9.45. The first-order chi connectivity index (χ1) is 16.3. The van der Waals surface area contributed by atoms with Gasteiger partial charge in [-0.1, -0.05) is 23.7 Å². The van der Waals surface area contributed by atoms with Crippen molar-refractivity contribution in [3.63, 3.8) is 0 Å². The van der Waals surface area contributed by atoms with Gasteiger partial charge in [-0.05, 0) is 34.1 Å². The van der Waals surface area contributed by atoms with Crippen LogP contribution in [0.15, 0.2) is 67.8 Å². The summed E-state index contributed by atoms with van der Waals surface area (Å²) in [6, 6.07) is 10.6. The van der Waals surface area contributed by atoms with Crippen LogP contribution in [0.5, 0.6) is 17.4 Å². The number of rotatable bonds is 6. The number of ether oxygens (including phenoxy) is 2. The maximum atomic E-state index is 12.7. The lowest BCUT2D eigenvalue weighted by Crippen LogP contribution is -2.32. The monoisotopic (exact) mass is 545 g/mol.